The smallest absolute Gasteiger partial charge is 0.350 e. The molecule has 2 rings (SSSR count). The standard InChI is InChI=1S/C9H14N5O5P/c10-8-7-9(12-3-11-7)13-4-14(8)1-6(2-15)19-5-20(16,17)18/h3-4,6,15H,1-2,5,10H2,(H2,16,17,18)/t6-/m0/s1. The first-order valence-corrected chi connectivity index (χ1v) is 7.39. The predicted molar refractivity (Wildman–Crippen MR) is 67.7 cm³/mol. The van der Waals surface area contributed by atoms with Gasteiger partial charge in [-0.1, -0.05) is 0 Å². The van der Waals surface area contributed by atoms with Gasteiger partial charge in [-0.15, -0.1) is 0 Å². The second-order valence-electron chi connectivity index (χ2n) is 4.09. The molecule has 1 atom stereocenters. The third-order valence-electron chi connectivity index (χ3n) is 2.53. The Labute approximate surface area is 113 Å². The van der Waals surface area contributed by atoms with Crippen LogP contribution in [-0.4, -0.2) is 53.5 Å². The van der Waals surface area contributed by atoms with Crippen LogP contribution in [0.5, 0.6) is 0 Å². The quantitative estimate of drug-likeness (QED) is 0.485. The summed E-state index contributed by atoms with van der Waals surface area (Å²) in [6, 6.07) is 0. The summed E-state index contributed by atoms with van der Waals surface area (Å²) in [5.41, 5.74) is 6.29. The van der Waals surface area contributed by atoms with Crippen LogP contribution in [0.3, 0.4) is 0 Å². The Balaban J connectivity index is 2.11. The van der Waals surface area contributed by atoms with Crippen molar-refractivity contribution in [2.75, 3.05) is 18.7 Å². The highest BCUT2D eigenvalue weighted by molar-refractivity contribution is 7.51. The van der Waals surface area contributed by atoms with Gasteiger partial charge in [0.15, 0.2) is 5.82 Å². The molecule has 0 bridgehead atoms. The van der Waals surface area contributed by atoms with Crippen LogP contribution in [0.1, 0.15) is 0 Å². The van der Waals surface area contributed by atoms with Crippen molar-refractivity contribution in [3.05, 3.63) is 12.7 Å². The molecule has 2 aliphatic heterocycles. The average Bonchev–Trinajstić information content (AvgIpc) is 2.85. The average molecular weight is 303 g/mol. The van der Waals surface area contributed by atoms with Crippen LogP contribution in [0.4, 0.5) is 5.82 Å². The Kier molecular flexibility index (Phi) is 4.31. The van der Waals surface area contributed by atoms with E-state index in [-0.39, 0.29) is 12.4 Å². The molecule has 0 unspecified atom stereocenters. The molecule has 2 aliphatic rings. The number of ether oxygens (including phenoxy) is 1. The number of aromatic nitrogens is 4. The van der Waals surface area contributed by atoms with Crippen LogP contribution in [0, 0.1) is 0 Å². The van der Waals surface area contributed by atoms with Gasteiger partial charge in [-0.25, -0.2) is 15.0 Å². The number of aliphatic hydroxyl groups is 1. The van der Waals surface area contributed by atoms with Crippen LogP contribution in [-0.2, 0) is 15.8 Å². The van der Waals surface area contributed by atoms with E-state index in [1.54, 1.807) is 0 Å². The second kappa shape index (κ2) is 5.81. The Hall–Kier alpha value is -1.58. The fourth-order valence-electron chi connectivity index (χ4n) is 1.59. The van der Waals surface area contributed by atoms with E-state index in [4.69, 9.17) is 25.4 Å². The lowest BCUT2D eigenvalue weighted by Gasteiger charge is -2.19. The number of aliphatic hydroxyl groups excluding tert-OH is 1. The van der Waals surface area contributed by atoms with Crippen molar-refractivity contribution in [2.45, 2.75) is 12.6 Å². The topological polar surface area (TPSA) is 157 Å². The molecule has 0 fully saturated rings. The Bertz CT molecular complexity index is 599. The molecular weight excluding hydrogens is 289 g/mol. The molecule has 110 valence electrons. The first-order valence-electron chi connectivity index (χ1n) is 5.59. The summed E-state index contributed by atoms with van der Waals surface area (Å²) < 4.78 is 17.2. The van der Waals surface area contributed by atoms with E-state index in [0.717, 1.165) is 0 Å². The lowest BCUT2D eigenvalue weighted by atomic mass is 10.3. The van der Waals surface area contributed by atoms with Gasteiger partial charge < -0.3 is 29.9 Å². The van der Waals surface area contributed by atoms with Crippen molar-refractivity contribution >= 4 is 13.4 Å². The highest BCUT2D eigenvalue weighted by atomic mass is 31.2. The van der Waals surface area contributed by atoms with E-state index in [1.807, 2.05) is 0 Å². The summed E-state index contributed by atoms with van der Waals surface area (Å²) in [6.07, 6.45) is 1.13. The van der Waals surface area contributed by atoms with Gasteiger partial charge >= 0.3 is 7.60 Å². The number of hydrogen-bond donors (Lipinski definition) is 4. The fourth-order valence-corrected chi connectivity index (χ4v) is 1.99. The first kappa shape index (κ1) is 14.8. The molecule has 0 amide bonds. The molecule has 0 radical (unpaired) electrons. The summed E-state index contributed by atoms with van der Waals surface area (Å²) in [4.78, 5) is 29.3. The molecule has 0 aromatic heterocycles. The monoisotopic (exact) mass is 303 g/mol. The molecule has 0 spiro atoms. The Morgan fingerprint density at radius 1 is 1.40 bits per heavy atom. The number of nitrogen functional groups attached to an aromatic ring is 1. The van der Waals surface area contributed by atoms with Gasteiger partial charge in [-0.05, 0) is 0 Å². The van der Waals surface area contributed by atoms with E-state index >= 15 is 0 Å². The van der Waals surface area contributed by atoms with Crippen molar-refractivity contribution < 1.29 is 24.2 Å². The molecule has 10 nitrogen and oxygen atoms in total. The first-order chi connectivity index (χ1) is 9.40. The highest BCUT2D eigenvalue weighted by Gasteiger charge is 2.20. The van der Waals surface area contributed by atoms with Crippen molar-refractivity contribution in [3.8, 4) is 11.5 Å². The fraction of sp³-hybridized carbons (Fsp3) is 0.444. The van der Waals surface area contributed by atoms with E-state index in [2.05, 4.69) is 15.0 Å². The third-order valence-corrected chi connectivity index (χ3v) is 3.02. The number of hydrogen-bond acceptors (Lipinski definition) is 7. The van der Waals surface area contributed by atoms with Crippen LogP contribution in [0.2, 0.25) is 0 Å². The Morgan fingerprint density at radius 3 is 2.80 bits per heavy atom. The minimum atomic E-state index is -4.29. The number of nitrogens with zero attached hydrogens (tertiary/aromatic N) is 4. The number of rotatable bonds is 6. The van der Waals surface area contributed by atoms with Gasteiger partial charge in [0.2, 0.25) is 0 Å². The minimum Gasteiger partial charge on any atom is -0.394 e. The Morgan fingerprint density at radius 2 is 2.15 bits per heavy atom. The second-order valence-corrected chi connectivity index (χ2v) is 5.68. The summed E-state index contributed by atoms with van der Waals surface area (Å²) in [7, 11) is -4.29. The summed E-state index contributed by atoms with van der Waals surface area (Å²) >= 11 is 0. The number of anilines is 1. The number of fused-ring (bicyclic) bond motifs is 1. The molecule has 0 aliphatic carbocycles. The van der Waals surface area contributed by atoms with Gasteiger partial charge in [0.05, 0.1) is 25.6 Å². The van der Waals surface area contributed by atoms with Crippen LogP contribution >= 0.6 is 7.60 Å². The molecule has 5 N–H and O–H groups in total. The van der Waals surface area contributed by atoms with Gasteiger partial charge in [0.25, 0.3) is 0 Å². The molecule has 20 heavy (non-hydrogen) atoms. The van der Waals surface area contributed by atoms with Gasteiger partial charge in [0.1, 0.15) is 24.2 Å². The molecule has 0 aromatic rings. The predicted octanol–water partition coefficient (Wildman–Crippen LogP) is -1.13. The van der Waals surface area contributed by atoms with E-state index in [9.17, 15) is 4.57 Å². The summed E-state index contributed by atoms with van der Waals surface area (Å²) in [5.74, 6) is 0.682. The lowest BCUT2D eigenvalue weighted by molar-refractivity contribution is 0.0198. The summed E-state index contributed by atoms with van der Waals surface area (Å²) in [5, 5.41) is 9.17. The molecule has 0 saturated carbocycles. The highest BCUT2D eigenvalue weighted by Crippen LogP contribution is 2.34. The zero-order valence-corrected chi connectivity index (χ0v) is 11.2. The van der Waals surface area contributed by atoms with Crippen molar-refractivity contribution in [1.29, 1.82) is 0 Å². The minimum absolute atomic E-state index is 0.0815. The molecule has 11 heteroatoms. The van der Waals surface area contributed by atoms with Gasteiger partial charge in [-0.2, -0.15) is 0 Å². The zero-order chi connectivity index (χ0) is 14.8. The van der Waals surface area contributed by atoms with Crippen molar-refractivity contribution in [3.63, 3.8) is 0 Å². The van der Waals surface area contributed by atoms with Gasteiger partial charge in [-0.3, -0.25) is 4.57 Å². The van der Waals surface area contributed by atoms with Crippen LogP contribution in [0.15, 0.2) is 12.7 Å². The third kappa shape index (κ3) is 3.50. The van der Waals surface area contributed by atoms with E-state index < -0.39 is 26.7 Å². The maximum atomic E-state index is 10.7. The SMILES string of the molecule is Nc1c2ncnc-2ncn1C[C@@H](CO)OCP(=O)(O)O. The van der Waals surface area contributed by atoms with E-state index in [0.29, 0.717) is 11.5 Å². The van der Waals surface area contributed by atoms with Crippen molar-refractivity contribution in [1.82, 2.24) is 19.5 Å². The summed E-state index contributed by atoms with van der Waals surface area (Å²) in [6.45, 7) is -0.338. The lowest BCUT2D eigenvalue weighted by Crippen LogP contribution is -2.26. The molecular formula is C9H14N5O5P. The largest absolute Gasteiger partial charge is 0.394 e. The molecule has 0 aromatic carbocycles. The van der Waals surface area contributed by atoms with Crippen LogP contribution < -0.4 is 5.73 Å². The van der Waals surface area contributed by atoms with Crippen molar-refractivity contribution in [2.24, 2.45) is 0 Å². The maximum absolute atomic E-state index is 10.7. The molecule has 0 saturated heterocycles. The van der Waals surface area contributed by atoms with Crippen LogP contribution in [0.25, 0.3) is 11.5 Å². The van der Waals surface area contributed by atoms with E-state index in [1.165, 1.54) is 17.2 Å². The number of nitrogens with two attached hydrogens (primary N) is 1. The number of imidazole rings is 1. The normalized spacial score (nSPS) is 13.8. The van der Waals surface area contributed by atoms with Gasteiger partial charge in [0, 0.05) is 0 Å². The molecule has 2 heterocycles. The zero-order valence-electron chi connectivity index (χ0n) is 10.3. The maximum Gasteiger partial charge on any atom is 0.350 e.